The van der Waals surface area contributed by atoms with E-state index >= 15 is 0 Å². The summed E-state index contributed by atoms with van der Waals surface area (Å²) in [4.78, 5) is 36.4. The highest BCUT2D eigenvalue weighted by atomic mass is 32.2. The number of carbonyl (C=O) groups excluding carboxylic acids is 2. The molecule has 7 heteroatoms. The first kappa shape index (κ1) is 15.5. The zero-order chi connectivity index (χ0) is 15.6. The van der Waals surface area contributed by atoms with Crippen molar-refractivity contribution in [2.24, 2.45) is 0 Å². The third kappa shape index (κ3) is 3.24. The van der Waals surface area contributed by atoms with Gasteiger partial charge in [0.15, 0.2) is 0 Å². The van der Waals surface area contributed by atoms with Crippen LogP contribution in [-0.4, -0.2) is 39.6 Å². The van der Waals surface area contributed by atoms with Crippen molar-refractivity contribution in [3.8, 4) is 0 Å². The number of carboxylic acid groups (broad SMARTS) is 1. The second-order valence-electron chi connectivity index (χ2n) is 4.64. The molecule has 0 radical (unpaired) electrons. The van der Waals surface area contributed by atoms with Gasteiger partial charge >= 0.3 is 5.97 Å². The van der Waals surface area contributed by atoms with Crippen LogP contribution >= 0.6 is 11.8 Å². The van der Waals surface area contributed by atoms with Crippen LogP contribution in [0.4, 0.5) is 4.39 Å². The summed E-state index contributed by atoms with van der Waals surface area (Å²) in [7, 11) is 0. The van der Waals surface area contributed by atoms with Crippen LogP contribution in [0.5, 0.6) is 0 Å². The first-order valence-electron chi connectivity index (χ1n) is 6.47. The minimum Gasteiger partial charge on any atom is -0.478 e. The molecule has 1 unspecified atom stereocenters. The second-order valence-corrected chi connectivity index (χ2v) is 5.92. The van der Waals surface area contributed by atoms with Crippen molar-refractivity contribution in [3.63, 3.8) is 0 Å². The predicted octanol–water partition coefficient (Wildman–Crippen LogP) is 2.15. The third-order valence-corrected chi connectivity index (χ3v) is 4.28. The molecule has 0 saturated carbocycles. The molecule has 112 valence electrons. The van der Waals surface area contributed by atoms with Crippen LogP contribution in [0.2, 0.25) is 0 Å². The molecule has 1 atom stereocenters. The lowest BCUT2D eigenvalue weighted by atomic mass is 10.2. The molecular weight excluding hydrogens is 297 g/mol. The van der Waals surface area contributed by atoms with Gasteiger partial charge in [0.05, 0.1) is 10.8 Å². The summed E-state index contributed by atoms with van der Waals surface area (Å²) >= 11 is 1.09. The van der Waals surface area contributed by atoms with Crippen LogP contribution < -0.4 is 0 Å². The Hall–Kier alpha value is -1.89. The molecule has 1 aromatic rings. The number of hydrogen-bond donors (Lipinski definition) is 1. The second kappa shape index (κ2) is 6.26. The van der Waals surface area contributed by atoms with Crippen LogP contribution in [0.15, 0.2) is 23.1 Å². The smallest absolute Gasteiger partial charge is 0.338 e. The fraction of sp³-hybridized carbons (Fsp3) is 0.357. The first-order valence-corrected chi connectivity index (χ1v) is 7.35. The van der Waals surface area contributed by atoms with Gasteiger partial charge in [0.1, 0.15) is 5.82 Å². The van der Waals surface area contributed by atoms with Crippen molar-refractivity contribution in [2.75, 3.05) is 6.54 Å². The Kier molecular flexibility index (Phi) is 4.62. The Balaban J connectivity index is 2.16. The normalized spacial score (nSPS) is 18.4. The quantitative estimate of drug-likeness (QED) is 0.843. The zero-order valence-corrected chi connectivity index (χ0v) is 12.2. The highest BCUT2D eigenvalue weighted by Crippen LogP contribution is 2.32. The van der Waals surface area contributed by atoms with E-state index in [-0.39, 0.29) is 18.2 Å². The number of thioether (sulfide) groups is 1. The summed E-state index contributed by atoms with van der Waals surface area (Å²) in [6.45, 7) is 2.26. The third-order valence-electron chi connectivity index (χ3n) is 3.10. The van der Waals surface area contributed by atoms with E-state index < -0.39 is 22.6 Å². The molecular formula is C14H14FNO4S. The molecule has 1 fully saturated rings. The standard InChI is InChI=1S/C14H14FNO4S/c1-2-5-16-12(17)7-11(13(16)18)21-8-3-4-10(15)9(6-8)14(19)20/h3-4,6,11H,2,5,7H2,1H3,(H,19,20). The van der Waals surface area contributed by atoms with Gasteiger partial charge in [-0.3, -0.25) is 14.5 Å². The Morgan fingerprint density at radius 3 is 2.81 bits per heavy atom. The van der Waals surface area contributed by atoms with E-state index in [1.165, 1.54) is 17.0 Å². The van der Waals surface area contributed by atoms with Crippen LogP contribution in [0.25, 0.3) is 0 Å². The lowest BCUT2D eigenvalue weighted by Crippen LogP contribution is -2.31. The molecule has 1 N–H and O–H groups in total. The van der Waals surface area contributed by atoms with Crippen molar-refractivity contribution in [1.29, 1.82) is 0 Å². The van der Waals surface area contributed by atoms with Crippen molar-refractivity contribution in [2.45, 2.75) is 29.9 Å². The fourth-order valence-corrected chi connectivity index (χ4v) is 3.22. The molecule has 1 aromatic carbocycles. The van der Waals surface area contributed by atoms with Gasteiger partial charge in [-0.15, -0.1) is 11.8 Å². The average molecular weight is 311 g/mol. The van der Waals surface area contributed by atoms with E-state index in [1.54, 1.807) is 0 Å². The zero-order valence-electron chi connectivity index (χ0n) is 11.3. The topological polar surface area (TPSA) is 74.7 Å². The van der Waals surface area contributed by atoms with Crippen LogP contribution in [0, 0.1) is 5.82 Å². The van der Waals surface area contributed by atoms with Gasteiger partial charge in [0.25, 0.3) is 0 Å². The maximum atomic E-state index is 13.3. The monoisotopic (exact) mass is 311 g/mol. The minimum atomic E-state index is -1.36. The number of carbonyl (C=O) groups is 3. The fourth-order valence-electron chi connectivity index (χ4n) is 2.11. The Morgan fingerprint density at radius 2 is 2.19 bits per heavy atom. The number of benzene rings is 1. The lowest BCUT2D eigenvalue weighted by Gasteiger charge is -2.13. The molecule has 1 aliphatic heterocycles. The summed E-state index contributed by atoms with van der Waals surface area (Å²) in [5.41, 5.74) is -0.442. The van der Waals surface area contributed by atoms with Gasteiger partial charge < -0.3 is 5.11 Å². The highest BCUT2D eigenvalue weighted by Gasteiger charge is 2.38. The molecule has 0 spiro atoms. The molecule has 5 nitrogen and oxygen atoms in total. The maximum absolute atomic E-state index is 13.3. The van der Waals surface area contributed by atoms with E-state index in [9.17, 15) is 18.8 Å². The Bertz CT molecular complexity index is 605. The van der Waals surface area contributed by atoms with Gasteiger partial charge in [-0.1, -0.05) is 6.92 Å². The number of imide groups is 1. The minimum absolute atomic E-state index is 0.0866. The van der Waals surface area contributed by atoms with Crippen LogP contribution in [0.3, 0.4) is 0 Å². The van der Waals surface area contributed by atoms with Crippen molar-refractivity contribution in [3.05, 3.63) is 29.6 Å². The average Bonchev–Trinajstić information content (AvgIpc) is 2.69. The summed E-state index contributed by atoms with van der Waals surface area (Å²) in [5, 5.41) is 8.31. The molecule has 1 heterocycles. The van der Waals surface area contributed by atoms with Gasteiger partial charge in [-0.25, -0.2) is 9.18 Å². The van der Waals surface area contributed by atoms with Gasteiger partial charge in [0.2, 0.25) is 11.8 Å². The molecule has 0 bridgehead atoms. The van der Waals surface area contributed by atoms with E-state index in [2.05, 4.69) is 0 Å². The number of hydrogen-bond acceptors (Lipinski definition) is 4. The Labute approximate surface area is 125 Å². The summed E-state index contributed by atoms with van der Waals surface area (Å²) in [6, 6.07) is 3.64. The molecule has 0 aromatic heterocycles. The van der Waals surface area contributed by atoms with Crippen molar-refractivity contribution < 1.29 is 23.9 Å². The summed E-state index contributed by atoms with van der Waals surface area (Å²) < 4.78 is 13.3. The predicted molar refractivity (Wildman–Crippen MR) is 74.6 cm³/mol. The van der Waals surface area contributed by atoms with E-state index in [0.717, 1.165) is 17.8 Å². The van der Waals surface area contributed by atoms with Crippen molar-refractivity contribution in [1.82, 2.24) is 4.90 Å². The number of likely N-dealkylation sites (tertiary alicyclic amines) is 1. The number of amides is 2. The SMILES string of the molecule is CCCN1C(=O)CC(Sc2ccc(F)c(C(=O)O)c2)C1=O. The lowest BCUT2D eigenvalue weighted by molar-refractivity contribution is -0.138. The van der Waals surface area contributed by atoms with Crippen molar-refractivity contribution >= 4 is 29.5 Å². The maximum Gasteiger partial charge on any atom is 0.338 e. The summed E-state index contributed by atoms with van der Waals surface area (Å²) in [6.07, 6.45) is 0.776. The molecule has 0 aliphatic carbocycles. The van der Waals surface area contributed by atoms with Gasteiger partial charge in [-0.05, 0) is 24.6 Å². The molecule has 2 rings (SSSR count). The molecule has 21 heavy (non-hydrogen) atoms. The van der Waals surface area contributed by atoms with Gasteiger partial charge in [-0.2, -0.15) is 0 Å². The molecule has 1 saturated heterocycles. The summed E-state index contributed by atoms with van der Waals surface area (Å²) in [5.74, 6) is -2.68. The van der Waals surface area contributed by atoms with E-state index in [0.29, 0.717) is 17.9 Å². The van der Waals surface area contributed by atoms with Gasteiger partial charge in [0, 0.05) is 17.9 Å². The van der Waals surface area contributed by atoms with Crippen LogP contribution in [-0.2, 0) is 9.59 Å². The first-order chi connectivity index (χ1) is 9.93. The molecule has 2 amide bonds. The highest BCUT2D eigenvalue weighted by molar-refractivity contribution is 8.00. The number of nitrogens with zero attached hydrogens (tertiary/aromatic N) is 1. The molecule has 1 aliphatic rings. The van der Waals surface area contributed by atoms with E-state index in [1.807, 2.05) is 6.92 Å². The van der Waals surface area contributed by atoms with Crippen LogP contribution in [0.1, 0.15) is 30.1 Å². The number of halogens is 1. The largest absolute Gasteiger partial charge is 0.478 e. The Morgan fingerprint density at radius 1 is 1.48 bits per heavy atom. The number of rotatable bonds is 5. The van der Waals surface area contributed by atoms with E-state index in [4.69, 9.17) is 5.11 Å². The number of aromatic carboxylic acids is 1. The number of carboxylic acids is 1.